The minimum absolute atomic E-state index is 0. The Morgan fingerprint density at radius 2 is 2.27 bits per heavy atom. The van der Waals surface area contributed by atoms with E-state index in [-0.39, 0.29) is 24.0 Å². The quantitative estimate of drug-likeness (QED) is 0.423. The summed E-state index contributed by atoms with van der Waals surface area (Å²) in [6.07, 6.45) is 4.34. The van der Waals surface area contributed by atoms with Crippen molar-refractivity contribution in [2.75, 3.05) is 33.2 Å². The van der Waals surface area contributed by atoms with Crippen molar-refractivity contribution < 1.29 is 0 Å². The molecular formula is C16H28IN5. The summed E-state index contributed by atoms with van der Waals surface area (Å²) in [5, 5.41) is 6.74. The molecule has 5 nitrogen and oxygen atoms in total. The third-order valence-corrected chi connectivity index (χ3v) is 3.85. The van der Waals surface area contributed by atoms with Gasteiger partial charge in [-0.3, -0.25) is 9.98 Å². The zero-order valence-corrected chi connectivity index (χ0v) is 15.9. The number of pyridine rings is 1. The molecular weight excluding hydrogens is 389 g/mol. The summed E-state index contributed by atoms with van der Waals surface area (Å²) in [4.78, 5) is 11.1. The molecule has 22 heavy (non-hydrogen) atoms. The van der Waals surface area contributed by atoms with Crippen LogP contribution in [0.4, 0.5) is 0 Å². The van der Waals surface area contributed by atoms with Crippen LogP contribution in [0.15, 0.2) is 29.4 Å². The van der Waals surface area contributed by atoms with Crippen LogP contribution < -0.4 is 10.6 Å². The van der Waals surface area contributed by atoms with E-state index in [2.05, 4.69) is 32.4 Å². The van der Waals surface area contributed by atoms with Crippen molar-refractivity contribution in [2.45, 2.75) is 26.3 Å². The Balaban J connectivity index is 0.00000242. The molecule has 6 heteroatoms. The van der Waals surface area contributed by atoms with Gasteiger partial charge >= 0.3 is 0 Å². The number of rotatable bonds is 6. The highest BCUT2D eigenvalue weighted by molar-refractivity contribution is 14.0. The van der Waals surface area contributed by atoms with E-state index in [4.69, 9.17) is 0 Å². The molecule has 0 saturated carbocycles. The Kier molecular flexibility index (Phi) is 9.38. The molecule has 0 aliphatic carbocycles. The monoisotopic (exact) mass is 417 g/mol. The van der Waals surface area contributed by atoms with Gasteiger partial charge < -0.3 is 15.5 Å². The van der Waals surface area contributed by atoms with E-state index in [9.17, 15) is 0 Å². The first-order valence-corrected chi connectivity index (χ1v) is 7.88. The Morgan fingerprint density at radius 3 is 2.95 bits per heavy atom. The molecule has 0 radical (unpaired) electrons. The topological polar surface area (TPSA) is 52.5 Å². The van der Waals surface area contributed by atoms with Gasteiger partial charge in [-0.1, -0.05) is 13.0 Å². The fourth-order valence-corrected chi connectivity index (χ4v) is 2.74. The van der Waals surface area contributed by atoms with Gasteiger partial charge in [0.1, 0.15) is 0 Å². The average molecular weight is 417 g/mol. The molecule has 0 spiro atoms. The van der Waals surface area contributed by atoms with Crippen LogP contribution >= 0.6 is 24.0 Å². The van der Waals surface area contributed by atoms with Crippen molar-refractivity contribution in [2.24, 2.45) is 10.9 Å². The molecule has 124 valence electrons. The third kappa shape index (κ3) is 6.48. The second-order valence-electron chi connectivity index (χ2n) is 5.58. The molecule has 0 bridgehead atoms. The number of nitrogens with zero attached hydrogens (tertiary/aromatic N) is 3. The molecule has 1 fully saturated rings. The second kappa shape index (κ2) is 10.8. The van der Waals surface area contributed by atoms with E-state index in [1.54, 1.807) is 0 Å². The van der Waals surface area contributed by atoms with E-state index in [0.29, 0.717) is 6.54 Å². The summed E-state index contributed by atoms with van der Waals surface area (Å²) in [5.74, 6) is 1.58. The number of hydrogen-bond acceptors (Lipinski definition) is 3. The number of halogens is 1. The summed E-state index contributed by atoms with van der Waals surface area (Å²) in [6.45, 7) is 7.60. The standard InChI is InChI=1S/C16H27N5.HI/c1-3-9-21-10-7-14(13-21)11-19-16(17-2)20-12-15-6-4-5-8-18-15;/h4-6,8,14H,3,7,9-13H2,1-2H3,(H2,17,19,20);1H. The van der Waals surface area contributed by atoms with Gasteiger partial charge in [-0.15, -0.1) is 24.0 Å². The van der Waals surface area contributed by atoms with Crippen molar-refractivity contribution in [1.82, 2.24) is 20.5 Å². The molecule has 1 atom stereocenters. The lowest BCUT2D eigenvalue weighted by Crippen LogP contribution is -2.40. The van der Waals surface area contributed by atoms with Gasteiger partial charge in [0.05, 0.1) is 12.2 Å². The molecule has 1 aliphatic heterocycles. The van der Waals surface area contributed by atoms with E-state index in [1.807, 2.05) is 31.4 Å². The summed E-state index contributed by atoms with van der Waals surface area (Å²) < 4.78 is 0. The predicted molar refractivity (Wildman–Crippen MR) is 103 cm³/mol. The zero-order chi connectivity index (χ0) is 14.9. The van der Waals surface area contributed by atoms with Crippen molar-refractivity contribution in [3.8, 4) is 0 Å². The van der Waals surface area contributed by atoms with Gasteiger partial charge in [-0.25, -0.2) is 0 Å². The Hall–Kier alpha value is -0.890. The lowest BCUT2D eigenvalue weighted by Gasteiger charge is -2.16. The van der Waals surface area contributed by atoms with E-state index < -0.39 is 0 Å². The van der Waals surface area contributed by atoms with Crippen molar-refractivity contribution in [1.29, 1.82) is 0 Å². The van der Waals surface area contributed by atoms with Crippen LogP contribution in [0.25, 0.3) is 0 Å². The Morgan fingerprint density at radius 1 is 1.41 bits per heavy atom. The van der Waals surface area contributed by atoms with Crippen LogP contribution in [0.2, 0.25) is 0 Å². The van der Waals surface area contributed by atoms with Crippen molar-refractivity contribution in [3.05, 3.63) is 30.1 Å². The van der Waals surface area contributed by atoms with Crippen LogP contribution in [0.1, 0.15) is 25.5 Å². The van der Waals surface area contributed by atoms with E-state index >= 15 is 0 Å². The SMILES string of the molecule is CCCN1CCC(CNC(=NC)NCc2ccccn2)C1.I. The van der Waals surface area contributed by atoms with Gasteiger partial charge in [0, 0.05) is 26.3 Å². The highest BCUT2D eigenvalue weighted by atomic mass is 127. The molecule has 1 aromatic heterocycles. The first-order valence-electron chi connectivity index (χ1n) is 7.88. The number of likely N-dealkylation sites (tertiary alicyclic amines) is 1. The van der Waals surface area contributed by atoms with E-state index in [1.165, 1.54) is 32.5 Å². The highest BCUT2D eigenvalue weighted by Gasteiger charge is 2.21. The maximum absolute atomic E-state index is 4.30. The lowest BCUT2D eigenvalue weighted by molar-refractivity contribution is 0.324. The Labute approximate surface area is 151 Å². The molecule has 0 amide bonds. The van der Waals surface area contributed by atoms with Crippen LogP contribution in [0.3, 0.4) is 0 Å². The fourth-order valence-electron chi connectivity index (χ4n) is 2.74. The minimum Gasteiger partial charge on any atom is -0.356 e. The third-order valence-electron chi connectivity index (χ3n) is 3.85. The summed E-state index contributed by atoms with van der Waals surface area (Å²) in [5.41, 5.74) is 1.02. The van der Waals surface area contributed by atoms with Crippen molar-refractivity contribution in [3.63, 3.8) is 0 Å². The summed E-state index contributed by atoms with van der Waals surface area (Å²) >= 11 is 0. The summed E-state index contributed by atoms with van der Waals surface area (Å²) in [6, 6.07) is 5.94. The molecule has 1 unspecified atom stereocenters. The van der Waals surface area contributed by atoms with Crippen LogP contribution in [-0.4, -0.2) is 49.1 Å². The van der Waals surface area contributed by atoms with Crippen LogP contribution in [-0.2, 0) is 6.54 Å². The largest absolute Gasteiger partial charge is 0.356 e. The number of guanidine groups is 1. The van der Waals surface area contributed by atoms with Gasteiger partial charge in [0.25, 0.3) is 0 Å². The normalized spacial score (nSPS) is 18.8. The Bertz CT molecular complexity index is 437. The smallest absolute Gasteiger partial charge is 0.191 e. The zero-order valence-electron chi connectivity index (χ0n) is 13.6. The average Bonchev–Trinajstić information content (AvgIpc) is 2.96. The molecule has 1 aromatic rings. The first kappa shape index (κ1) is 19.2. The number of hydrogen-bond donors (Lipinski definition) is 2. The van der Waals surface area contributed by atoms with Crippen LogP contribution in [0, 0.1) is 5.92 Å². The van der Waals surface area contributed by atoms with Gasteiger partial charge in [0.2, 0.25) is 0 Å². The first-order chi connectivity index (χ1) is 10.3. The molecule has 0 aromatic carbocycles. The van der Waals surface area contributed by atoms with E-state index in [0.717, 1.165) is 24.1 Å². The maximum Gasteiger partial charge on any atom is 0.191 e. The second-order valence-corrected chi connectivity index (χ2v) is 5.58. The number of aliphatic imine (C=N–C) groups is 1. The molecule has 1 saturated heterocycles. The van der Waals surface area contributed by atoms with Gasteiger partial charge in [0.15, 0.2) is 5.96 Å². The molecule has 1 aliphatic rings. The van der Waals surface area contributed by atoms with Gasteiger partial charge in [-0.05, 0) is 44.0 Å². The lowest BCUT2D eigenvalue weighted by atomic mass is 10.1. The molecule has 2 N–H and O–H groups in total. The minimum atomic E-state index is 0. The van der Waals surface area contributed by atoms with Gasteiger partial charge in [-0.2, -0.15) is 0 Å². The predicted octanol–water partition coefficient (Wildman–Crippen LogP) is 2.10. The highest BCUT2D eigenvalue weighted by Crippen LogP contribution is 2.15. The molecule has 2 rings (SSSR count). The maximum atomic E-state index is 4.30. The van der Waals surface area contributed by atoms with Crippen LogP contribution in [0.5, 0.6) is 0 Å². The molecule has 2 heterocycles. The number of aromatic nitrogens is 1. The fraction of sp³-hybridized carbons (Fsp3) is 0.625. The number of nitrogens with one attached hydrogen (secondary N) is 2. The van der Waals surface area contributed by atoms with Crippen molar-refractivity contribution >= 4 is 29.9 Å². The summed E-state index contributed by atoms with van der Waals surface area (Å²) in [7, 11) is 1.81.